The fraction of sp³-hybridized carbons (Fsp3) is 0.353. The third kappa shape index (κ3) is 3.91. The summed E-state index contributed by atoms with van der Waals surface area (Å²) in [7, 11) is 2.12. The van der Waals surface area contributed by atoms with Crippen molar-refractivity contribution in [2.75, 3.05) is 49.2 Å². The molecule has 124 valence electrons. The van der Waals surface area contributed by atoms with Crippen LogP contribution in [0.2, 0.25) is 0 Å². The van der Waals surface area contributed by atoms with Crippen molar-refractivity contribution in [2.24, 2.45) is 0 Å². The van der Waals surface area contributed by atoms with Crippen LogP contribution in [0.15, 0.2) is 30.3 Å². The molecule has 1 aromatic carbocycles. The van der Waals surface area contributed by atoms with Crippen LogP contribution >= 0.6 is 0 Å². The van der Waals surface area contributed by atoms with Gasteiger partial charge in [-0.1, -0.05) is 12.1 Å². The van der Waals surface area contributed by atoms with Gasteiger partial charge in [-0.05, 0) is 24.7 Å². The molecule has 2 heterocycles. The smallest absolute Gasteiger partial charge is 0.223 e. The Morgan fingerprint density at radius 2 is 1.88 bits per heavy atom. The number of hydrogen-bond donors (Lipinski definition) is 2. The molecule has 0 aliphatic carbocycles. The number of benzene rings is 1. The molecule has 1 fully saturated rings. The summed E-state index contributed by atoms with van der Waals surface area (Å²) in [4.78, 5) is 13.1. The molecule has 0 atom stereocenters. The number of nitrogen functional groups attached to an aromatic ring is 1. The second kappa shape index (κ2) is 7.15. The van der Waals surface area contributed by atoms with Crippen LogP contribution in [0, 0.1) is 11.3 Å². The van der Waals surface area contributed by atoms with Crippen molar-refractivity contribution < 1.29 is 0 Å². The molecule has 7 nitrogen and oxygen atoms in total. The molecule has 1 aliphatic rings. The van der Waals surface area contributed by atoms with Crippen molar-refractivity contribution in [1.82, 2.24) is 14.9 Å². The second-order valence-corrected chi connectivity index (χ2v) is 5.92. The summed E-state index contributed by atoms with van der Waals surface area (Å²) in [5, 5.41) is 12.1. The SMILES string of the molecule is CN1CCN(c2cc(NCc3ccc(C#N)cc3)nc(N)n2)CC1. The summed E-state index contributed by atoms with van der Waals surface area (Å²) in [6.45, 7) is 4.50. The van der Waals surface area contributed by atoms with Gasteiger partial charge in [0.1, 0.15) is 11.6 Å². The van der Waals surface area contributed by atoms with E-state index in [0.29, 0.717) is 17.9 Å². The molecule has 1 aliphatic heterocycles. The van der Waals surface area contributed by atoms with Crippen LogP contribution in [0.25, 0.3) is 0 Å². The Kier molecular flexibility index (Phi) is 4.77. The highest BCUT2D eigenvalue weighted by molar-refractivity contribution is 5.53. The summed E-state index contributed by atoms with van der Waals surface area (Å²) in [5.41, 5.74) is 7.60. The van der Waals surface area contributed by atoms with Crippen LogP contribution in [0.3, 0.4) is 0 Å². The Morgan fingerprint density at radius 3 is 2.54 bits per heavy atom. The van der Waals surface area contributed by atoms with E-state index in [4.69, 9.17) is 11.0 Å². The fourth-order valence-electron chi connectivity index (χ4n) is 2.63. The van der Waals surface area contributed by atoms with E-state index in [0.717, 1.165) is 37.6 Å². The number of nitrogens with one attached hydrogen (secondary N) is 1. The monoisotopic (exact) mass is 323 g/mol. The summed E-state index contributed by atoms with van der Waals surface area (Å²) in [6, 6.07) is 11.5. The van der Waals surface area contributed by atoms with Crippen molar-refractivity contribution >= 4 is 17.6 Å². The minimum absolute atomic E-state index is 0.272. The number of anilines is 3. The molecular formula is C17H21N7. The Balaban J connectivity index is 1.68. The third-order valence-electron chi connectivity index (χ3n) is 4.11. The zero-order chi connectivity index (χ0) is 16.9. The van der Waals surface area contributed by atoms with Gasteiger partial charge in [-0.2, -0.15) is 15.2 Å². The molecule has 7 heteroatoms. The van der Waals surface area contributed by atoms with Crippen LogP contribution in [-0.4, -0.2) is 48.1 Å². The molecule has 2 aromatic rings. The molecule has 0 amide bonds. The molecule has 3 N–H and O–H groups in total. The van der Waals surface area contributed by atoms with Gasteiger partial charge in [0.2, 0.25) is 5.95 Å². The molecule has 0 bridgehead atoms. The van der Waals surface area contributed by atoms with Crippen LogP contribution < -0.4 is 16.0 Å². The lowest BCUT2D eigenvalue weighted by molar-refractivity contribution is 0.312. The van der Waals surface area contributed by atoms with E-state index in [1.54, 1.807) is 12.1 Å². The highest BCUT2D eigenvalue weighted by Gasteiger charge is 2.16. The Bertz CT molecular complexity index is 728. The van der Waals surface area contributed by atoms with E-state index < -0.39 is 0 Å². The zero-order valence-electron chi connectivity index (χ0n) is 13.7. The molecule has 1 saturated heterocycles. The zero-order valence-corrected chi connectivity index (χ0v) is 13.7. The largest absolute Gasteiger partial charge is 0.368 e. The number of nitriles is 1. The Morgan fingerprint density at radius 1 is 1.17 bits per heavy atom. The number of likely N-dealkylation sites (N-methyl/N-ethyl adjacent to an activating group) is 1. The second-order valence-electron chi connectivity index (χ2n) is 5.92. The first-order chi connectivity index (χ1) is 11.6. The molecule has 0 unspecified atom stereocenters. The Labute approximate surface area is 141 Å². The highest BCUT2D eigenvalue weighted by Crippen LogP contribution is 2.19. The maximum atomic E-state index is 8.83. The molecule has 0 radical (unpaired) electrons. The van der Waals surface area contributed by atoms with E-state index >= 15 is 0 Å². The minimum Gasteiger partial charge on any atom is -0.368 e. The van der Waals surface area contributed by atoms with E-state index in [1.165, 1.54) is 0 Å². The average molecular weight is 323 g/mol. The summed E-state index contributed by atoms with van der Waals surface area (Å²) in [5.74, 6) is 1.84. The van der Waals surface area contributed by atoms with Gasteiger partial charge in [-0.25, -0.2) is 0 Å². The highest BCUT2D eigenvalue weighted by atomic mass is 15.3. The lowest BCUT2D eigenvalue weighted by atomic mass is 10.1. The van der Waals surface area contributed by atoms with Gasteiger partial charge >= 0.3 is 0 Å². The third-order valence-corrected chi connectivity index (χ3v) is 4.11. The number of nitrogens with two attached hydrogens (primary N) is 1. The molecule has 24 heavy (non-hydrogen) atoms. The lowest BCUT2D eigenvalue weighted by Crippen LogP contribution is -2.44. The first kappa shape index (κ1) is 16.0. The number of piperazine rings is 1. The predicted molar refractivity (Wildman–Crippen MR) is 94.6 cm³/mol. The van der Waals surface area contributed by atoms with Gasteiger partial charge in [-0.15, -0.1) is 0 Å². The van der Waals surface area contributed by atoms with Crippen molar-refractivity contribution in [3.8, 4) is 6.07 Å². The summed E-state index contributed by atoms with van der Waals surface area (Å²) < 4.78 is 0. The van der Waals surface area contributed by atoms with E-state index in [-0.39, 0.29) is 5.95 Å². The van der Waals surface area contributed by atoms with Crippen LogP contribution in [0.1, 0.15) is 11.1 Å². The summed E-state index contributed by atoms with van der Waals surface area (Å²) in [6.07, 6.45) is 0. The van der Waals surface area contributed by atoms with Crippen LogP contribution in [0.4, 0.5) is 17.6 Å². The molecular weight excluding hydrogens is 302 g/mol. The van der Waals surface area contributed by atoms with Crippen molar-refractivity contribution in [3.63, 3.8) is 0 Å². The maximum Gasteiger partial charge on any atom is 0.223 e. The van der Waals surface area contributed by atoms with E-state index in [9.17, 15) is 0 Å². The van der Waals surface area contributed by atoms with E-state index in [2.05, 4.69) is 38.2 Å². The quantitative estimate of drug-likeness (QED) is 0.875. The number of hydrogen-bond acceptors (Lipinski definition) is 7. The standard InChI is InChI=1S/C17H21N7/c1-23-6-8-24(9-7-23)16-10-15(21-17(19)22-16)20-12-14-4-2-13(11-18)3-5-14/h2-5,10H,6-9,12H2,1H3,(H3,19,20,21,22). The minimum atomic E-state index is 0.272. The first-order valence-corrected chi connectivity index (χ1v) is 7.95. The van der Waals surface area contributed by atoms with Gasteiger partial charge in [0.25, 0.3) is 0 Å². The van der Waals surface area contributed by atoms with Crippen LogP contribution in [0.5, 0.6) is 0 Å². The molecule has 1 aromatic heterocycles. The van der Waals surface area contributed by atoms with Gasteiger partial charge < -0.3 is 20.9 Å². The van der Waals surface area contributed by atoms with E-state index in [1.807, 2.05) is 18.2 Å². The topological polar surface area (TPSA) is 94.1 Å². The first-order valence-electron chi connectivity index (χ1n) is 7.95. The van der Waals surface area contributed by atoms with Crippen molar-refractivity contribution in [1.29, 1.82) is 5.26 Å². The molecule has 3 rings (SSSR count). The van der Waals surface area contributed by atoms with Gasteiger partial charge in [0, 0.05) is 38.8 Å². The Hall–Kier alpha value is -2.85. The average Bonchev–Trinajstić information content (AvgIpc) is 2.60. The number of aromatic nitrogens is 2. The van der Waals surface area contributed by atoms with Gasteiger partial charge in [0.05, 0.1) is 11.6 Å². The normalized spacial score (nSPS) is 15.1. The number of nitrogens with zero attached hydrogens (tertiary/aromatic N) is 5. The lowest BCUT2D eigenvalue weighted by Gasteiger charge is -2.33. The van der Waals surface area contributed by atoms with Crippen molar-refractivity contribution in [2.45, 2.75) is 6.54 Å². The van der Waals surface area contributed by atoms with Crippen molar-refractivity contribution in [3.05, 3.63) is 41.5 Å². The molecule has 0 saturated carbocycles. The molecule has 0 spiro atoms. The van der Waals surface area contributed by atoms with Crippen LogP contribution in [-0.2, 0) is 6.54 Å². The fourth-order valence-corrected chi connectivity index (χ4v) is 2.63. The van der Waals surface area contributed by atoms with Gasteiger partial charge in [0.15, 0.2) is 0 Å². The predicted octanol–water partition coefficient (Wildman–Crippen LogP) is 1.29. The summed E-state index contributed by atoms with van der Waals surface area (Å²) >= 11 is 0. The van der Waals surface area contributed by atoms with Gasteiger partial charge in [-0.3, -0.25) is 0 Å². The number of rotatable bonds is 4. The maximum absolute atomic E-state index is 8.83.